The largest absolute Gasteiger partial charge is 0.480 e. The lowest BCUT2D eigenvalue weighted by atomic mass is 9.97. The molecule has 0 spiro atoms. The zero-order valence-electron chi connectivity index (χ0n) is 11.3. The number of aliphatic carboxylic acids is 1. The Hall–Kier alpha value is -0.610. The van der Waals surface area contributed by atoms with Crippen molar-refractivity contribution in [3.8, 4) is 0 Å². The Balaban J connectivity index is 2.40. The van der Waals surface area contributed by atoms with Crippen molar-refractivity contribution in [2.75, 3.05) is 19.6 Å². The minimum atomic E-state index is -0.676. The van der Waals surface area contributed by atoms with Crippen LogP contribution in [0, 0.1) is 5.92 Å². The highest BCUT2D eigenvalue weighted by Crippen LogP contribution is 2.19. The first-order valence-electron chi connectivity index (χ1n) is 6.71. The van der Waals surface area contributed by atoms with Crippen molar-refractivity contribution in [1.82, 2.24) is 10.2 Å². The second-order valence-corrected chi connectivity index (χ2v) is 5.47. The topological polar surface area (TPSA) is 52.6 Å². The molecule has 0 saturated carbocycles. The Morgan fingerprint density at radius 2 is 2.00 bits per heavy atom. The summed E-state index contributed by atoms with van der Waals surface area (Å²) < 4.78 is 0. The first-order valence-corrected chi connectivity index (χ1v) is 6.71. The number of likely N-dealkylation sites (tertiary alicyclic amines) is 1. The summed E-state index contributed by atoms with van der Waals surface area (Å²) in [4.78, 5) is 13.4. The van der Waals surface area contributed by atoms with Crippen molar-refractivity contribution < 1.29 is 9.90 Å². The van der Waals surface area contributed by atoms with E-state index in [0.29, 0.717) is 12.5 Å². The monoisotopic (exact) mass is 242 g/mol. The summed E-state index contributed by atoms with van der Waals surface area (Å²) in [5.41, 5.74) is 0. The molecular weight excluding hydrogens is 216 g/mol. The second kappa shape index (κ2) is 6.97. The minimum Gasteiger partial charge on any atom is -0.480 e. The molecular formula is C13H26N2O2. The molecule has 0 aromatic heterocycles. The van der Waals surface area contributed by atoms with E-state index >= 15 is 0 Å². The van der Waals surface area contributed by atoms with Gasteiger partial charge in [0.2, 0.25) is 0 Å². The number of piperidine rings is 1. The molecule has 100 valence electrons. The highest BCUT2D eigenvalue weighted by molar-refractivity contribution is 5.73. The molecule has 2 N–H and O–H groups in total. The average Bonchev–Trinajstić information content (AvgIpc) is 2.25. The second-order valence-electron chi connectivity index (χ2n) is 5.47. The van der Waals surface area contributed by atoms with Gasteiger partial charge in [-0.2, -0.15) is 0 Å². The molecule has 0 bridgehead atoms. The van der Waals surface area contributed by atoms with Crippen LogP contribution in [0.25, 0.3) is 0 Å². The lowest BCUT2D eigenvalue weighted by molar-refractivity contribution is -0.144. The predicted octanol–water partition coefficient (Wildman–Crippen LogP) is 1.56. The molecule has 1 heterocycles. The number of carbonyl (C=O) groups is 1. The van der Waals surface area contributed by atoms with E-state index < -0.39 is 5.97 Å². The van der Waals surface area contributed by atoms with Crippen LogP contribution in [0.15, 0.2) is 0 Å². The summed E-state index contributed by atoms with van der Waals surface area (Å²) in [5.74, 6) is 0.0691. The van der Waals surface area contributed by atoms with Crippen LogP contribution in [0.5, 0.6) is 0 Å². The van der Waals surface area contributed by atoms with Gasteiger partial charge in [0.15, 0.2) is 0 Å². The fourth-order valence-electron chi connectivity index (χ4n) is 2.31. The Kier molecular flexibility index (Phi) is 5.92. The number of nitrogens with one attached hydrogen (secondary N) is 1. The Morgan fingerprint density at radius 1 is 1.41 bits per heavy atom. The molecule has 0 aromatic rings. The molecule has 4 heteroatoms. The van der Waals surface area contributed by atoms with Gasteiger partial charge in [0.1, 0.15) is 6.04 Å². The quantitative estimate of drug-likeness (QED) is 0.742. The summed E-state index contributed by atoms with van der Waals surface area (Å²) in [5, 5.41) is 12.6. The smallest absolute Gasteiger partial charge is 0.320 e. The molecule has 1 aliphatic rings. The third kappa shape index (κ3) is 5.04. The third-order valence-corrected chi connectivity index (χ3v) is 3.51. The lowest BCUT2D eigenvalue weighted by Crippen LogP contribution is -2.46. The molecule has 17 heavy (non-hydrogen) atoms. The van der Waals surface area contributed by atoms with Gasteiger partial charge in [-0.25, -0.2) is 0 Å². The van der Waals surface area contributed by atoms with Crippen LogP contribution in [0.3, 0.4) is 0 Å². The van der Waals surface area contributed by atoms with Crippen molar-refractivity contribution in [3.63, 3.8) is 0 Å². The maximum absolute atomic E-state index is 11.3. The first-order chi connectivity index (χ1) is 8.00. The standard InChI is InChI=1S/C13H26N2O2/c1-10(2)14-7-4-12(13(16)17)15-8-5-11(3)6-9-15/h10-12,14H,4-9H2,1-3H3,(H,16,17). The summed E-state index contributed by atoms with van der Waals surface area (Å²) in [6.07, 6.45) is 2.95. The number of carboxylic acid groups (broad SMARTS) is 1. The Labute approximate surface area is 104 Å². The number of carboxylic acids is 1. The maximum Gasteiger partial charge on any atom is 0.320 e. The molecule has 1 atom stereocenters. The Morgan fingerprint density at radius 3 is 2.47 bits per heavy atom. The van der Waals surface area contributed by atoms with Crippen molar-refractivity contribution in [2.24, 2.45) is 5.92 Å². The summed E-state index contributed by atoms with van der Waals surface area (Å²) in [7, 11) is 0. The van der Waals surface area contributed by atoms with Crippen LogP contribution in [0.2, 0.25) is 0 Å². The van der Waals surface area contributed by atoms with Gasteiger partial charge in [-0.3, -0.25) is 9.69 Å². The number of hydrogen-bond donors (Lipinski definition) is 2. The van der Waals surface area contributed by atoms with E-state index in [1.54, 1.807) is 0 Å². The molecule has 4 nitrogen and oxygen atoms in total. The average molecular weight is 242 g/mol. The van der Waals surface area contributed by atoms with E-state index in [4.69, 9.17) is 0 Å². The molecule has 1 aliphatic heterocycles. The fraction of sp³-hybridized carbons (Fsp3) is 0.923. The van der Waals surface area contributed by atoms with Crippen LogP contribution in [0.1, 0.15) is 40.0 Å². The van der Waals surface area contributed by atoms with Gasteiger partial charge in [0.05, 0.1) is 0 Å². The van der Waals surface area contributed by atoms with E-state index in [2.05, 4.69) is 31.0 Å². The molecule has 0 aromatic carbocycles. The molecule has 0 aliphatic carbocycles. The van der Waals surface area contributed by atoms with Gasteiger partial charge in [-0.1, -0.05) is 20.8 Å². The Bertz CT molecular complexity index is 236. The summed E-state index contributed by atoms with van der Waals surface area (Å²) in [6, 6.07) is 0.111. The highest BCUT2D eigenvalue weighted by Gasteiger charge is 2.27. The van der Waals surface area contributed by atoms with Crippen LogP contribution in [-0.4, -0.2) is 47.7 Å². The van der Waals surface area contributed by atoms with Crippen LogP contribution in [0.4, 0.5) is 0 Å². The maximum atomic E-state index is 11.3. The first kappa shape index (κ1) is 14.5. The van der Waals surface area contributed by atoms with Crippen molar-refractivity contribution in [1.29, 1.82) is 0 Å². The van der Waals surface area contributed by atoms with E-state index in [1.165, 1.54) is 0 Å². The SMILES string of the molecule is CC1CCN(C(CCNC(C)C)C(=O)O)CC1. The van der Waals surface area contributed by atoms with Crippen molar-refractivity contribution in [3.05, 3.63) is 0 Å². The van der Waals surface area contributed by atoms with Gasteiger partial charge >= 0.3 is 5.97 Å². The summed E-state index contributed by atoms with van der Waals surface area (Å²) >= 11 is 0. The molecule has 0 amide bonds. The number of rotatable bonds is 6. The van der Waals surface area contributed by atoms with Gasteiger partial charge in [-0.15, -0.1) is 0 Å². The molecule has 0 radical (unpaired) electrons. The van der Waals surface area contributed by atoms with E-state index in [-0.39, 0.29) is 6.04 Å². The predicted molar refractivity (Wildman–Crippen MR) is 69.2 cm³/mol. The van der Waals surface area contributed by atoms with Gasteiger partial charge in [0.25, 0.3) is 0 Å². The molecule has 1 fully saturated rings. The zero-order chi connectivity index (χ0) is 12.8. The van der Waals surface area contributed by atoms with Crippen molar-refractivity contribution >= 4 is 5.97 Å². The zero-order valence-corrected chi connectivity index (χ0v) is 11.3. The summed E-state index contributed by atoms with van der Waals surface area (Å²) in [6.45, 7) is 9.05. The van der Waals surface area contributed by atoms with Crippen molar-refractivity contribution in [2.45, 2.75) is 52.1 Å². The van der Waals surface area contributed by atoms with E-state index in [0.717, 1.165) is 38.4 Å². The number of hydrogen-bond acceptors (Lipinski definition) is 3. The lowest BCUT2D eigenvalue weighted by Gasteiger charge is -2.34. The minimum absolute atomic E-state index is 0.311. The normalized spacial score (nSPS) is 20.7. The van der Waals surface area contributed by atoms with E-state index in [9.17, 15) is 9.90 Å². The highest BCUT2D eigenvalue weighted by atomic mass is 16.4. The van der Waals surface area contributed by atoms with Gasteiger partial charge in [0, 0.05) is 6.04 Å². The van der Waals surface area contributed by atoms with Crippen LogP contribution in [-0.2, 0) is 4.79 Å². The number of nitrogens with zero attached hydrogens (tertiary/aromatic N) is 1. The molecule has 1 rings (SSSR count). The van der Waals surface area contributed by atoms with Gasteiger partial charge in [-0.05, 0) is 44.8 Å². The van der Waals surface area contributed by atoms with Crippen LogP contribution < -0.4 is 5.32 Å². The van der Waals surface area contributed by atoms with Gasteiger partial charge < -0.3 is 10.4 Å². The third-order valence-electron chi connectivity index (χ3n) is 3.51. The fourth-order valence-corrected chi connectivity index (χ4v) is 2.31. The molecule has 1 saturated heterocycles. The van der Waals surface area contributed by atoms with Crippen LogP contribution >= 0.6 is 0 Å². The van der Waals surface area contributed by atoms with E-state index in [1.807, 2.05) is 0 Å². The molecule has 1 unspecified atom stereocenters.